The van der Waals surface area contributed by atoms with Crippen LogP contribution >= 0.6 is 0 Å². The van der Waals surface area contributed by atoms with Gasteiger partial charge in [0.05, 0.1) is 13.7 Å². The Labute approximate surface area is 151 Å². The van der Waals surface area contributed by atoms with Crippen molar-refractivity contribution in [2.24, 2.45) is 0 Å². The van der Waals surface area contributed by atoms with Crippen molar-refractivity contribution in [3.8, 4) is 17.2 Å². The molecule has 0 bridgehead atoms. The van der Waals surface area contributed by atoms with Gasteiger partial charge in [-0.15, -0.1) is 0 Å². The van der Waals surface area contributed by atoms with E-state index >= 15 is 0 Å². The van der Waals surface area contributed by atoms with Gasteiger partial charge >= 0.3 is 0 Å². The van der Waals surface area contributed by atoms with Gasteiger partial charge in [0.1, 0.15) is 6.10 Å². The predicted molar refractivity (Wildman–Crippen MR) is 95.4 cm³/mol. The van der Waals surface area contributed by atoms with Crippen LogP contribution in [0, 0.1) is 12.7 Å². The van der Waals surface area contributed by atoms with Gasteiger partial charge in [0, 0.05) is 24.8 Å². The normalized spacial score (nSPS) is 16.8. The SMILES string of the molecule is COc1cc(C)ccc1Oc1ccc(NC(=O)C2CNCCO2)cc1F. The van der Waals surface area contributed by atoms with Crippen molar-refractivity contribution < 1.29 is 23.4 Å². The molecule has 1 aliphatic heterocycles. The monoisotopic (exact) mass is 360 g/mol. The molecule has 26 heavy (non-hydrogen) atoms. The summed E-state index contributed by atoms with van der Waals surface area (Å²) in [5.74, 6) is 0.0681. The number of rotatable bonds is 5. The number of methoxy groups -OCH3 is 1. The van der Waals surface area contributed by atoms with Crippen molar-refractivity contribution in [2.45, 2.75) is 13.0 Å². The van der Waals surface area contributed by atoms with Gasteiger partial charge in [-0.2, -0.15) is 0 Å². The molecule has 1 fully saturated rings. The quantitative estimate of drug-likeness (QED) is 0.858. The maximum atomic E-state index is 14.4. The minimum atomic E-state index is -0.590. The van der Waals surface area contributed by atoms with Crippen LogP contribution in [-0.4, -0.2) is 38.8 Å². The number of hydrogen-bond acceptors (Lipinski definition) is 5. The van der Waals surface area contributed by atoms with Crippen LogP contribution in [0.25, 0.3) is 0 Å². The highest BCUT2D eigenvalue weighted by Crippen LogP contribution is 2.34. The Morgan fingerprint density at radius 1 is 1.23 bits per heavy atom. The van der Waals surface area contributed by atoms with Crippen molar-refractivity contribution in [3.63, 3.8) is 0 Å². The van der Waals surface area contributed by atoms with Gasteiger partial charge in [0.2, 0.25) is 0 Å². The van der Waals surface area contributed by atoms with E-state index in [1.807, 2.05) is 13.0 Å². The Kier molecular flexibility index (Phi) is 5.70. The number of halogens is 1. The molecular formula is C19H21FN2O4. The molecule has 0 aliphatic carbocycles. The second kappa shape index (κ2) is 8.16. The van der Waals surface area contributed by atoms with Gasteiger partial charge in [-0.25, -0.2) is 4.39 Å². The summed E-state index contributed by atoms with van der Waals surface area (Å²) in [6.07, 6.45) is -0.584. The first-order chi connectivity index (χ1) is 12.6. The number of ether oxygens (including phenoxy) is 3. The van der Waals surface area contributed by atoms with Gasteiger partial charge in [-0.3, -0.25) is 4.79 Å². The highest BCUT2D eigenvalue weighted by Gasteiger charge is 2.22. The van der Waals surface area contributed by atoms with Crippen LogP contribution in [0.4, 0.5) is 10.1 Å². The molecule has 0 spiro atoms. The van der Waals surface area contributed by atoms with E-state index < -0.39 is 11.9 Å². The highest BCUT2D eigenvalue weighted by atomic mass is 19.1. The van der Waals surface area contributed by atoms with Crippen molar-refractivity contribution in [1.82, 2.24) is 5.32 Å². The van der Waals surface area contributed by atoms with Crippen LogP contribution in [0.15, 0.2) is 36.4 Å². The Hall–Kier alpha value is -2.64. The molecule has 1 amide bonds. The lowest BCUT2D eigenvalue weighted by atomic mass is 10.2. The minimum Gasteiger partial charge on any atom is -0.493 e. The second-order valence-corrected chi connectivity index (χ2v) is 5.95. The molecule has 138 valence electrons. The van der Waals surface area contributed by atoms with Crippen molar-refractivity contribution in [3.05, 3.63) is 47.8 Å². The summed E-state index contributed by atoms with van der Waals surface area (Å²) < 4.78 is 30.6. The zero-order valence-corrected chi connectivity index (χ0v) is 14.7. The number of benzene rings is 2. The smallest absolute Gasteiger partial charge is 0.254 e. The van der Waals surface area contributed by atoms with E-state index in [2.05, 4.69) is 10.6 Å². The number of aryl methyl sites for hydroxylation is 1. The Morgan fingerprint density at radius 2 is 2.04 bits per heavy atom. The molecule has 1 aliphatic rings. The molecule has 2 aromatic rings. The van der Waals surface area contributed by atoms with Crippen molar-refractivity contribution >= 4 is 11.6 Å². The topological polar surface area (TPSA) is 68.8 Å². The standard InChI is InChI=1S/C19H21FN2O4/c1-12-3-5-16(17(9-12)24-2)26-15-6-4-13(10-14(15)20)22-19(23)18-11-21-7-8-25-18/h3-6,9-10,18,21H,7-8,11H2,1-2H3,(H,22,23). The van der Waals surface area contributed by atoms with E-state index in [9.17, 15) is 9.18 Å². The number of carbonyl (C=O) groups excluding carboxylic acids is 1. The largest absolute Gasteiger partial charge is 0.493 e. The third kappa shape index (κ3) is 4.30. The molecular weight excluding hydrogens is 339 g/mol. The molecule has 1 saturated heterocycles. The van der Waals surface area contributed by atoms with E-state index in [1.165, 1.54) is 19.2 Å². The van der Waals surface area contributed by atoms with E-state index in [4.69, 9.17) is 14.2 Å². The third-order valence-electron chi connectivity index (χ3n) is 3.96. The van der Waals surface area contributed by atoms with Gasteiger partial charge in [-0.05, 0) is 36.8 Å². The number of anilines is 1. The van der Waals surface area contributed by atoms with Gasteiger partial charge < -0.3 is 24.8 Å². The summed E-state index contributed by atoms with van der Waals surface area (Å²) in [7, 11) is 1.53. The summed E-state index contributed by atoms with van der Waals surface area (Å²) >= 11 is 0. The van der Waals surface area contributed by atoms with Crippen LogP contribution in [0.5, 0.6) is 17.2 Å². The average molecular weight is 360 g/mol. The number of carbonyl (C=O) groups is 1. The fourth-order valence-electron chi connectivity index (χ4n) is 2.60. The number of nitrogens with one attached hydrogen (secondary N) is 2. The molecule has 1 atom stereocenters. The fourth-order valence-corrected chi connectivity index (χ4v) is 2.60. The predicted octanol–water partition coefficient (Wildman–Crippen LogP) is 2.86. The van der Waals surface area contributed by atoms with Gasteiger partial charge in [0.15, 0.2) is 23.1 Å². The first-order valence-electron chi connectivity index (χ1n) is 8.32. The minimum absolute atomic E-state index is 0.0423. The van der Waals surface area contributed by atoms with E-state index in [1.54, 1.807) is 18.2 Å². The molecule has 2 N–H and O–H groups in total. The zero-order chi connectivity index (χ0) is 18.5. The van der Waals surface area contributed by atoms with E-state index in [-0.39, 0.29) is 11.7 Å². The summed E-state index contributed by atoms with van der Waals surface area (Å²) in [5.41, 5.74) is 1.34. The average Bonchev–Trinajstić information content (AvgIpc) is 2.65. The Morgan fingerprint density at radius 3 is 2.73 bits per heavy atom. The number of amides is 1. The summed E-state index contributed by atoms with van der Waals surface area (Å²) in [6, 6.07) is 9.63. The lowest BCUT2D eigenvalue weighted by Crippen LogP contribution is -2.45. The second-order valence-electron chi connectivity index (χ2n) is 5.95. The van der Waals surface area contributed by atoms with Gasteiger partial charge in [-0.1, -0.05) is 6.07 Å². The zero-order valence-electron chi connectivity index (χ0n) is 14.7. The first-order valence-corrected chi connectivity index (χ1v) is 8.32. The van der Waals surface area contributed by atoms with Crippen molar-refractivity contribution in [2.75, 3.05) is 32.1 Å². The number of morpholine rings is 1. The first kappa shape index (κ1) is 18.2. The molecule has 1 unspecified atom stereocenters. The van der Waals surface area contributed by atoms with Crippen LogP contribution in [-0.2, 0) is 9.53 Å². The highest BCUT2D eigenvalue weighted by molar-refractivity contribution is 5.94. The maximum Gasteiger partial charge on any atom is 0.254 e. The molecule has 1 heterocycles. The lowest BCUT2D eigenvalue weighted by molar-refractivity contribution is -0.128. The van der Waals surface area contributed by atoms with Crippen LogP contribution in [0.2, 0.25) is 0 Å². The summed E-state index contributed by atoms with van der Waals surface area (Å²) in [5, 5.41) is 5.72. The van der Waals surface area contributed by atoms with E-state index in [0.717, 1.165) is 5.56 Å². The summed E-state index contributed by atoms with van der Waals surface area (Å²) in [4.78, 5) is 12.1. The summed E-state index contributed by atoms with van der Waals surface area (Å²) in [6.45, 7) is 3.54. The lowest BCUT2D eigenvalue weighted by Gasteiger charge is -2.22. The molecule has 0 saturated carbocycles. The fraction of sp³-hybridized carbons (Fsp3) is 0.316. The third-order valence-corrected chi connectivity index (χ3v) is 3.96. The molecule has 0 radical (unpaired) electrons. The Balaban J connectivity index is 1.70. The van der Waals surface area contributed by atoms with Crippen LogP contribution in [0.3, 0.4) is 0 Å². The van der Waals surface area contributed by atoms with Crippen molar-refractivity contribution in [1.29, 1.82) is 0 Å². The van der Waals surface area contributed by atoms with E-state index in [0.29, 0.717) is 36.9 Å². The van der Waals surface area contributed by atoms with Crippen LogP contribution < -0.4 is 20.1 Å². The maximum absolute atomic E-state index is 14.4. The van der Waals surface area contributed by atoms with Crippen LogP contribution in [0.1, 0.15) is 5.56 Å². The number of hydrogen-bond donors (Lipinski definition) is 2. The molecule has 6 nitrogen and oxygen atoms in total. The molecule has 3 rings (SSSR count). The van der Waals surface area contributed by atoms with Gasteiger partial charge in [0.25, 0.3) is 5.91 Å². The molecule has 0 aromatic heterocycles. The molecule has 7 heteroatoms. The molecule has 2 aromatic carbocycles. The Bertz CT molecular complexity index is 791.